The van der Waals surface area contributed by atoms with Gasteiger partial charge in [-0.2, -0.15) is 0 Å². The Balaban J connectivity index is 0.000000465. The lowest BCUT2D eigenvalue weighted by Gasteiger charge is -2.17. The first-order valence-electron chi connectivity index (χ1n) is 7.50. The maximum Gasteiger partial charge on any atom is 0.360 e. The number of nitrogens with zero attached hydrogens (tertiary/aromatic N) is 1. The molecule has 0 fully saturated rings. The smallest absolute Gasteiger partial charge is 0.258 e. The SMILES string of the molecule is Cc1cc(-c2ccccc2)cc(-c2ccc([N+](=O)[O-])cc2)[o+]1.[O-][Cl+3]([O-])([O-])[O-]. The minimum absolute atomic E-state index is 0.0692. The van der Waals surface area contributed by atoms with Crippen molar-refractivity contribution in [3.63, 3.8) is 0 Å². The van der Waals surface area contributed by atoms with Crippen molar-refractivity contribution >= 4 is 5.69 Å². The van der Waals surface area contributed by atoms with Crippen LogP contribution in [0.1, 0.15) is 5.76 Å². The van der Waals surface area contributed by atoms with Crippen LogP contribution in [-0.2, 0) is 0 Å². The zero-order valence-electron chi connectivity index (χ0n) is 14.0. The predicted octanol–water partition coefficient (Wildman–Crippen LogP) is 0.355. The highest BCUT2D eigenvalue weighted by atomic mass is 35.7. The van der Waals surface area contributed by atoms with Gasteiger partial charge in [-0.05, 0) is 17.7 Å². The summed E-state index contributed by atoms with van der Waals surface area (Å²) < 4.78 is 39.7. The largest absolute Gasteiger partial charge is 0.360 e. The van der Waals surface area contributed by atoms with Gasteiger partial charge in [-0.1, -0.05) is 30.3 Å². The number of nitro groups is 1. The minimum Gasteiger partial charge on any atom is -0.258 e. The van der Waals surface area contributed by atoms with Crippen molar-refractivity contribution in [3.8, 4) is 22.5 Å². The fourth-order valence-electron chi connectivity index (χ4n) is 2.32. The van der Waals surface area contributed by atoms with Gasteiger partial charge in [-0.15, -0.1) is 10.2 Å². The van der Waals surface area contributed by atoms with Crippen LogP contribution in [-0.4, -0.2) is 4.92 Å². The topological polar surface area (TPSA) is 147 Å². The Hall–Kier alpha value is -2.88. The third-order valence-corrected chi connectivity index (χ3v) is 3.39. The van der Waals surface area contributed by atoms with Gasteiger partial charge in [0.1, 0.15) is 0 Å². The summed E-state index contributed by atoms with van der Waals surface area (Å²) in [6.07, 6.45) is 0. The van der Waals surface area contributed by atoms with E-state index < -0.39 is 15.2 Å². The summed E-state index contributed by atoms with van der Waals surface area (Å²) in [6.45, 7) is 1.89. The van der Waals surface area contributed by atoms with E-state index in [-0.39, 0.29) is 5.69 Å². The van der Waals surface area contributed by atoms with Gasteiger partial charge in [0.2, 0.25) is 0 Å². The van der Waals surface area contributed by atoms with E-state index in [9.17, 15) is 10.1 Å². The van der Waals surface area contributed by atoms with Crippen LogP contribution in [0.3, 0.4) is 0 Å². The van der Waals surface area contributed by atoms with Crippen molar-refractivity contribution in [2.75, 3.05) is 0 Å². The molecule has 140 valence electrons. The lowest BCUT2D eigenvalue weighted by atomic mass is 10.0. The van der Waals surface area contributed by atoms with E-state index in [2.05, 4.69) is 0 Å². The fourth-order valence-corrected chi connectivity index (χ4v) is 2.32. The third-order valence-electron chi connectivity index (χ3n) is 3.39. The van der Waals surface area contributed by atoms with E-state index in [4.69, 9.17) is 23.1 Å². The van der Waals surface area contributed by atoms with E-state index in [0.717, 1.165) is 22.5 Å². The van der Waals surface area contributed by atoms with Crippen LogP contribution >= 0.6 is 0 Å². The molecule has 0 amide bonds. The molecule has 0 radical (unpaired) electrons. The highest BCUT2D eigenvalue weighted by Gasteiger charge is 2.17. The Morgan fingerprint density at radius 2 is 1.37 bits per heavy atom. The van der Waals surface area contributed by atoms with E-state index >= 15 is 0 Å². The maximum absolute atomic E-state index is 10.7. The van der Waals surface area contributed by atoms with Crippen LogP contribution in [0.5, 0.6) is 0 Å². The molecule has 0 saturated heterocycles. The molecule has 3 aromatic rings. The zero-order valence-corrected chi connectivity index (χ0v) is 14.8. The van der Waals surface area contributed by atoms with E-state index in [1.807, 2.05) is 49.4 Å². The monoisotopic (exact) mass is 391 g/mol. The molecule has 0 spiro atoms. The highest BCUT2D eigenvalue weighted by molar-refractivity contribution is 5.70. The van der Waals surface area contributed by atoms with Gasteiger partial charge in [-0.25, -0.2) is 23.1 Å². The first kappa shape index (κ1) is 20.4. The summed E-state index contributed by atoms with van der Waals surface area (Å²) in [4.78, 5) is 10.3. The highest BCUT2D eigenvalue weighted by Crippen LogP contribution is 2.29. The zero-order chi connectivity index (χ0) is 20.0. The molecular formula is C18H14ClNO7. The lowest BCUT2D eigenvalue weighted by Crippen LogP contribution is -2.68. The van der Waals surface area contributed by atoms with Gasteiger partial charge >= 0.3 is 11.5 Å². The summed E-state index contributed by atoms with van der Waals surface area (Å²) in [6, 6.07) is 20.3. The molecule has 8 nitrogen and oxygen atoms in total. The maximum atomic E-state index is 10.7. The van der Waals surface area contributed by atoms with Gasteiger partial charge in [-0.3, -0.25) is 10.1 Å². The molecule has 2 aromatic carbocycles. The first-order chi connectivity index (χ1) is 12.6. The molecule has 0 atom stereocenters. The summed E-state index contributed by atoms with van der Waals surface area (Å²) in [5.74, 6) is 1.48. The molecule has 0 aliphatic heterocycles. The van der Waals surface area contributed by atoms with E-state index in [1.54, 1.807) is 12.1 Å². The van der Waals surface area contributed by atoms with Crippen LogP contribution < -0.4 is 18.6 Å². The fraction of sp³-hybridized carbons (Fsp3) is 0.0556. The molecule has 1 aromatic heterocycles. The average Bonchev–Trinajstić information content (AvgIpc) is 2.60. The number of rotatable bonds is 3. The second kappa shape index (κ2) is 8.67. The number of hydrogen-bond acceptors (Lipinski definition) is 6. The second-order valence-electron chi connectivity index (χ2n) is 5.37. The van der Waals surface area contributed by atoms with E-state index in [0.29, 0.717) is 5.76 Å². The van der Waals surface area contributed by atoms with Gasteiger partial charge < -0.3 is 0 Å². The first-order valence-corrected chi connectivity index (χ1v) is 8.74. The number of halogens is 1. The van der Waals surface area contributed by atoms with Crippen molar-refractivity contribution in [3.05, 3.63) is 82.6 Å². The van der Waals surface area contributed by atoms with Crippen molar-refractivity contribution in [1.82, 2.24) is 0 Å². The number of benzene rings is 2. The molecule has 0 aliphatic rings. The van der Waals surface area contributed by atoms with E-state index in [1.165, 1.54) is 12.1 Å². The summed E-state index contributed by atoms with van der Waals surface area (Å²) in [5.41, 5.74) is 3.04. The van der Waals surface area contributed by atoms with Crippen molar-refractivity contribution < 1.29 is 38.2 Å². The molecule has 0 unspecified atom stereocenters. The Bertz CT molecular complexity index is 903. The predicted molar refractivity (Wildman–Crippen MR) is 85.4 cm³/mol. The Labute approximate surface area is 156 Å². The van der Waals surface area contributed by atoms with Gasteiger partial charge in [0, 0.05) is 23.8 Å². The Kier molecular flexibility index (Phi) is 6.56. The van der Waals surface area contributed by atoms with Crippen LogP contribution in [0, 0.1) is 27.3 Å². The normalized spacial score (nSPS) is 10.7. The Morgan fingerprint density at radius 1 is 0.815 bits per heavy atom. The molecule has 3 rings (SSSR count). The number of aryl methyl sites for hydroxylation is 1. The van der Waals surface area contributed by atoms with Gasteiger partial charge in [0.25, 0.3) is 5.69 Å². The van der Waals surface area contributed by atoms with Crippen LogP contribution in [0.2, 0.25) is 0 Å². The number of hydrogen-bond donors (Lipinski definition) is 0. The lowest BCUT2D eigenvalue weighted by molar-refractivity contribution is -2.00. The molecule has 1 heterocycles. The molecular weight excluding hydrogens is 378 g/mol. The molecule has 9 heteroatoms. The van der Waals surface area contributed by atoms with Gasteiger partial charge in [0.05, 0.1) is 23.5 Å². The van der Waals surface area contributed by atoms with Crippen LogP contribution in [0.4, 0.5) is 5.69 Å². The number of non-ortho nitro benzene ring substituents is 1. The quantitative estimate of drug-likeness (QED) is 0.355. The molecule has 0 aliphatic carbocycles. The molecule has 27 heavy (non-hydrogen) atoms. The second-order valence-corrected chi connectivity index (χ2v) is 6.12. The summed E-state index contributed by atoms with van der Waals surface area (Å²) >= 11 is 0. The Morgan fingerprint density at radius 3 is 1.89 bits per heavy atom. The minimum atomic E-state index is -4.94. The summed E-state index contributed by atoms with van der Waals surface area (Å²) in [5, 5.41) is 10.7. The summed E-state index contributed by atoms with van der Waals surface area (Å²) in [7, 11) is -4.94. The van der Waals surface area contributed by atoms with Gasteiger partial charge in [0.15, 0.2) is 0 Å². The van der Waals surface area contributed by atoms with Crippen molar-refractivity contribution in [2.24, 2.45) is 0 Å². The standard InChI is InChI=1S/C18H14NO3.ClHO4/c1-13-11-16(14-5-3-2-4-6-14)12-18(22-13)15-7-9-17(10-8-15)19(20)21;2-1(3,4)5/h2-12H,1H3;(H,2,3,4,5)/q+1;/p-1. The van der Waals surface area contributed by atoms with Crippen LogP contribution in [0.25, 0.3) is 22.5 Å². The van der Waals surface area contributed by atoms with Crippen molar-refractivity contribution in [2.45, 2.75) is 6.92 Å². The molecule has 0 saturated carbocycles. The molecule has 0 N–H and O–H groups in total. The third kappa shape index (κ3) is 6.74. The number of nitro benzene ring substituents is 1. The molecule has 0 bridgehead atoms. The van der Waals surface area contributed by atoms with Crippen LogP contribution in [0.15, 0.2) is 71.1 Å². The average molecular weight is 392 g/mol. The van der Waals surface area contributed by atoms with Crippen molar-refractivity contribution in [1.29, 1.82) is 0 Å².